The van der Waals surface area contributed by atoms with Crippen molar-refractivity contribution in [3.8, 4) is 5.75 Å². The lowest BCUT2D eigenvalue weighted by Crippen LogP contribution is -2.00. The van der Waals surface area contributed by atoms with Crippen LogP contribution in [0.1, 0.15) is 16.0 Å². The Morgan fingerprint density at radius 1 is 1.20 bits per heavy atom. The predicted molar refractivity (Wildman–Crippen MR) is 84.8 cm³/mol. The van der Waals surface area contributed by atoms with Crippen LogP contribution in [0, 0.1) is 5.82 Å². The molecular formula is C15H12BrCl2FO. The molecule has 5 heteroatoms. The highest BCUT2D eigenvalue weighted by Gasteiger charge is 2.17. The van der Waals surface area contributed by atoms with Gasteiger partial charge in [-0.1, -0.05) is 51.3 Å². The fraction of sp³-hybridized carbons (Fsp3) is 0.200. The van der Waals surface area contributed by atoms with E-state index in [4.69, 9.17) is 27.9 Å². The quantitative estimate of drug-likeness (QED) is 0.610. The molecule has 0 fully saturated rings. The largest absolute Gasteiger partial charge is 0.497 e. The van der Waals surface area contributed by atoms with Gasteiger partial charge in [0.25, 0.3) is 0 Å². The van der Waals surface area contributed by atoms with E-state index in [1.165, 1.54) is 6.07 Å². The summed E-state index contributed by atoms with van der Waals surface area (Å²) in [6.45, 7) is 0. The van der Waals surface area contributed by atoms with Crippen LogP contribution in [-0.2, 0) is 6.42 Å². The summed E-state index contributed by atoms with van der Waals surface area (Å²) >= 11 is 15.8. The lowest BCUT2D eigenvalue weighted by Gasteiger charge is -2.14. The summed E-state index contributed by atoms with van der Waals surface area (Å²) in [7, 11) is 1.58. The molecule has 0 aliphatic rings. The van der Waals surface area contributed by atoms with Crippen LogP contribution in [0.3, 0.4) is 0 Å². The standard InChI is InChI=1S/C15H12BrCl2FO/c1-20-9-5-6-10(14(18)7-9)12(16)8-11-13(17)3-2-4-15(11)19/h2-7,12H,8H2,1H3. The molecule has 0 N–H and O–H groups in total. The van der Waals surface area contributed by atoms with Gasteiger partial charge >= 0.3 is 0 Å². The molecule has 0 amide bonds. The number of ether oxygens (including phenoxy) is 1. The van der Waals surface area contributed by atoms with Crippen molar-refractivity contribution in [3.63, 3.8) is 0 Å². The second-order valence-electron chi connectivity index (χ2n) is 4.26. The topological polar surface area (TPSA) is 9.23 Å². The zero-order valence-electron chi connectivity index (χ0n) is 10.7. The molecule has 0 aliphatic carbocycles. The Bertz CT molecular complexity index is 599. The first kappa shape index (κ1) is 15.6. The minimum atomic E-state index is -0.313. The highest BCUT2D eigenvalue weighted by atomic mass is 79.9. The van der Waals surface area contributed by atoms with Crippen LogP contribution in [0.2, 0.25) is 10.0 Å². The zero-order valence-corrected chi connectivity index (χ0v) is 13.8. The second kappa shape index (κ2) is 6.79. The van der Waals surface area contributed by atoms with Gasteiger partial charge in [-0.25, -0.2) is 4.39 Å². The molecule has 0 spiro atoms. The van der Waals surface area contributed by atoms with Crippen LogP contribution >= 0.6 is 39.1 Å². The average molecular weight is 378 g/mol. The van der Waals surface area contributed by atoms with Crippen LogP contribution in [-0.4, -0.2) is 7.11 Å². The van der Waals surface area contributed by atoms with E-state index in [2.05, 4.69) is 15.9 Å². The molecule has 0 radical (unpaired) electrons. The highest BCUT2D eigenvalue weighted by Crippen LogP contribution is 2.36. The van der Waals surface area contributed by atoms with E-state index in [-0.39, 0.29) is 10.6 Å². The zero-order chi connectivity index (χ0) is 14.7. The van der Waals surface area contributed by atoms with Crippen molar-refractivity contribution in [2.45, 2.75) is 11.2 Å². The third kappa shape index (κ3) is 3.46. The van der Waals surface area contributed by atoms with Gasteiger partial charge < -0.3 is 4.74 Å². The van der Waals surface area contributed by atoms with E-state index < -0.39 is 0 Å². The Morgan fingerprint density at radius 3 is 2.55 bits per heavy atom. The molecule has 0 saturated heterocycles. The van der Waals surface area contributed by atoms with Gasteiger partial charge in [-0.15, -0.1) is 0 Å². The molecule has 1 nitrogen and oxygen atoms in total. The van der Waals surface area contributed by atoms with Gasteiger partial charge in [-0.3, -0.25) is 0 Å². The maximum atomic E-state index is 13.8. The van der Waals surface area contributed by atoms with E-state index in [9.17, 15) is 4.39 Å². The minimum absolute atomic E-state index is 0.129. The number of benzene rings is 2. The summed E-state index contributed by atoms with van der Waals surface area (Å²) in [5.74, 6) is 0.369. The molecule has 2 aromatic rings. The molecule has 2 rings (SSSR count). The first-order chi connectivity index (χ1) is 9.52. The van der Waals surface area contributed by atoms with Gasteiger partial charge in [0.15, 0.2) is 0 Å². The molecule has 106 valence electrons. The van der Waals surface area contributed by atoms with E-state index in [1.54, 1.807) is 25.3 Å². The Kier molecular flexibility index (Phi) is 5.30. The third-order valence-corrected chi connectivity index (χ3v) is 4.49. The van der Waals surface area contributed by atoms with Gasteiger partial charge in [-0.05, 0) is 36.2 Å². The highest BCUT2D eigenvalue weighted by molar-refractivity contribution is 9.09. The number of methoxy groups -OCH3 is 1. The summed E-state index contributed by atoms with van der Waals surface area (Å²) in [4.78, 5) is -0.129. The summed E-state index contributed by atoms with van der Waals surface area (Å²) in [6.07, 6.45) is 0.414. The van der Waals surface area contributed by atoms with E-state index in [0.717, 1.165) is 5.56 Å². The molecule has 1 unspecified atom stereocenters. The Labute approximate surface area is 135 Å². The van der Waals surface area contributed by atoms with Crippen LogP contribution in [0.4, 0.5) is 4.39 Å². The number of halogens is 4. The van der Waals surface area contributed by atoms with Crippen molar-refractivity contribution in [2.24, 2.45) is 0 Å². The van der Waals surface area contributed by atoms with Crippen molar-refractivity contribution in [3.05, 3.63) is 63.4 Å². The molecule has 1 atom stereocenters. The minimum Gasteiger partial charge on any atom is -0.497 e. The summed E-state index contributed by atoms with van der Waals surface area (Å²) in [6, 6.07) is 10.1. The van der Waals surface area contributed by atoms with E-state index in [0.29, 0.717) is 27.8 Å². The number of rotatable bonds is 4. The molecule has 20 heavy (non-hydrogen) atoms. The molecule has 2 aromatic carbocycles. The number of hydrogen-bond donors (Lipinski definition) is 0. The van der Waals surface area contributed by atoms with Crippen LogP contribution in [0.5, 0.6) is 5.75 Å². The Balaban J connectivity index is 2.26. The lowest BCUT2D eigenvalue weighted by molar-refractivity contribution is 0.414. The number of alkyl halides is 1. The molecule has 0 bridgehead atoms. The van der Waals surface area contributed by atoms with Gasteiger partial charge in [-0.2, -0.15) is 0 Å². The summed E-state index contributed by atoms with van der Waals surface area (Å²) in [5.41, 5.74) is 1.34. The Morgan fingerprint density at radius 2 is 1.95 bits per heavy atom. The normalized spacial score (nSPS) is 12.2. The molecule has 0 heterocycles. The van der Waals surface area contributed by atoms with Crippen LogP contribution in [0.15, 0.2) is 36.4 Å². The third-order valence-electron chi connectivity index (χ3n) is 2.99. The van der Waals surface area contributed by atoms with Crippen molar-refractivity contribution < 1.29 is 9.13 Å². The van der Waals surface area contributed by atoms with Gasteiger partial charge in [0, 0.05) is 20.4 Å². The smallest absolute Gasteiger partial charge is 0.127 e. The first-order valence-electron chi connectivity index (χ1n) is 5.93. The van der Waals surface area contributed by atoms with Crippen molar-refractivity contribution in [2.75, 3.05) is 7.11 Å². The van der Waals surface area contributed by atoms with Crippen LogP contribution in [0.25, 0.3) is 0 Å². The monoisotopic (exact) mass is 376 g/mol. The fourth-order valence-corrected chi connectivity index (χ4v) is 3.30. The predicted octanol–water partition coefficient (Wildman–Crippen LogP) is 5.82. The van der Waals surface area contributed by atoms with E-state index in [1.807, 2.05) is 12.1 Å². The van der Waals surface area contributed by atoms with Crippen molar-refractivity contribution >= 4 is 39.1 Å². The number of hydrogen-bond acceptors (Lipinski definition) is 1. The summed E-state index contributed by atoms with van der Waals surface area (Å²) in [5, 5.41) is 0.984. The van der Waals surface area contributed by atoms with Gasteiger partial charge in [0.1, 0.15) is 11.6 Å². The maximum Gasteiger partial charge on any atom is 0.127 e. The Hall–Kier alpha value is -0.770. The van der Waals surface area contributed by atoms with E-state index >= 15 is 0 Å². The SMILES string of the molecule is COc1ccc(C(Br)Cc2c(F)cccc2Cl)c(Cl)c1. The fourth-order valence-electron chi connectivity index (χ4n) is 1.91. The van der Waals surface area contributed by atoms with Crippen molar-refractivity contribution in [1.29, 1.82) is 0 Å². The average Bonchev–Trinajstić information content (AvgIpc) is 2.42. The van der Waals surface area contributed by atoms with Gasteiger partial charge in [0.2, 0.25) is 0 Å². The van der Waals surface area contributed by atoms with Crippen molar-refractivity contribution in [1.82, 2.24) is 0 Å². The molecule has 0 aliphatic heterocycles. The molecule has 0 saturated carbocycles. The first-order valence-corrected chi connectivity index (χ1v) is 7.60. The lowest BCUT2D eigenvalue weighted by atomic mass is 10.0. The summed E-state index contributed by atoms with van der Waals surface area (Å²) < 4.78 is 18.9. The van der Waals surface area contributed by atoms with Gasteiger partial charge in [0.05, 0.1) is 7.11 Å². The maximum absolute atomic E-state index is 13.8. The second-order valence-corrected chi connectivity index (χ2v) is 6.18. The molecule has 0 aromatic heterocycles. The van der Waals surface area contributed by atoms with Crippen LogP contribution < -0.4 is 4.74 Å². The molecular weight excluding hydrogens is 366 g/mol.